The second kappa shape index (κ2) is 18.0. The summed E-state index contributed by atoms with van der Waals surface area (Å²) in [5, 5.41) is 0. The molecule has 1 aromatic carbocycles. The minimum absolute atomic E-state index is 0.200. The van der Waals surface area contributed by atoms with Crippen molar-refractivity contribution in [1.82, 2.24) is 14.7 Å². The molecule has 6 heteroatoms. The quantitative estimate of drug-likeness (QED) is 0.261. The Kier molecular flexibility index (Phi) is 14.9. The van der Waals surface area contributed by atoms with Crippen LogP contribution in [0.25, 0.3) is 6.08 Å². The topological polar surface area (TPSA) is 53.1 Å². The second-order valence-electron chi connectivity index (χ2n) is 9.83. The van der Waals surface area contributed by atoms with Crippen LogP contribution in [0.3, 0.4) is 0 Å². The van der Waals surface area contributed by atoms with Gasteiger partial charge in [0.2, 0.25) is 11.8 Å². The lowest BCUT2D eigenvalue weighted by Crippen LogP contribution is -2.50. The van der Waals surface area contributed by atoms with E-state index in [1.807, 2.05) is 53.1 Å². The normalized spacial score (nSPS) is 14.4. The number of hydrogen-bond acceptors (Lipinski definition) is 4. The number of para-hydroxylation sites is 1. The molecule has 0 spiro atoms. The summed E-state index contributed by atoms with van der Waals surface area (Å²) in [6.45, 7) is 9.79. The summed E-state index contributed by atoms with van der Waals surface area (Å²) >= 11 is 0. The van der Waals surface area contributed by atoms with Crippen LogP contribution >= 0.6 is 0 Å². The molecule has 1 saturated heterocycles. The van der Waals surface area contributed by atoms with Crippen molar-refractivity contribution in [1.29, 1.82) is 0 Å². The molecule has 0 aromatic heterocycles. The largest absolute Gasteiger partial charge is 0.496 e. The van der Waals surface area contributed by atoms with Gasteiger partial charge in [-0.25, -0.2) is 0 Å². The highest BCUT2D eigenvalue weighted by Crippen LogP contribution is 2.18. The maximum Gasteiger partial charge on any atom is 0.222 e. The Morgan fingerprint density at radius 2 is 1.61 bits per heavy atom. The first-order valence-corrected chi connectivity index (χ1v) is 14.2. The van der Waals surface area contributed by atoms with Crippen molar-refractivity contribution in [3.63, 3.8) is 0 Å². The average Bonchev–Trinajstić information content (AvgIpc) is 2.90. The molecule has 0 radical (unpaired) electrons. The summed E-state index contributed by atoms with van der Waals surface area (Å²) in [7, 11) is 1.67. The molecular formula is C30H49N3O3. The van der Waals surface area contributed by atoms with Gasteiger partial charge in [-0.3, -0.25) is 14.5 Å². The van der Waals surface area contributed by atoms with Crippen LogP contribution in [0.15, 0.2) is 30.3 Å². The van der Waals surface area contributed by atoms with Crippen LogP contribution in [0.4, 0.5) is 0 Å². The van der Waals surface area contributed by atoms with E-state index in [0.717, 1.165) is 56.9 Å². The zero-order valence-corrected chi connectivity index (χ0v) is 23.1. The molecule has 1 heterocycles. The number of carbonyl (C=O) groups excluding carboxylic acids is 2. The summed E-state index contributed by atoms with van der Waals surface area (Å²) in [5.74, 6) is 1.34. The SMILES string of the molecule is CCCCCCCCCC(=O)N1CCN(CCN(CC=Cc2ccccc2OC)C(=O)CCC)CC1. The molecule has 1 aromatic rings. The van der Waals surface area contributed by atoms with Gasteiger partial charge in [-0.05, 0) is 18.9 Å². The predicted molar refractivity (Wildman–Crippen MR) is 149 cm³/mol. The Labute approximate surface area is 219 Å². The van der Waals surface area contributed by atoms with Crippen LogP contribution in [0, 0.1) is 0 Å². The highest BCUT2D eigenvalue weighted by molar-refractivity contribution is 5.77. The molecule has 0 aliphatic carbocycles. The lowest BCUT2D eigenvalue weighted by Gasteiger charge is -2.36. The van der Waals surface area contributed by atoms with E-state index in [-0.39, 0.29) is 5.91 Å². The molecule has 1 fully saturated rings. The third kappa shape index (κ3) is 11.2. The maximum atomic E-state index is 12.7. The molecule has 1 aliphatic heterocycles. The number of amides is 2. The average molecular weight is 500 g/mol. The van der Waals surface area contributed by atoms with E-state index in [1.165, 1.54) is 38.5 Å². The minimum Gasteiger partial charge on any atom is -0.496 e. The van der Waals surface area contributed by atoms with E-state index in [9.17, 15) is 9.59 Å². The zero-order valence-electron chi connectivity index (χ0n) is 23.1. The Balaban J connectivity index is 1.73. The lowest BCUT2D eigenvalue weighted by atomic mass is 10.1. The van der Waals surface area contributed by atoms with Crippen molar-refractivity contribution in [3.8, 4) is 5.75 Å². The standard InChI is InChI=1S/C30H49N3O3/c1-4-6-7-8-9-10-11-19-30(35)33-25-22-31(23-26-33)21-24-32(29(34)15-5-2)20-14-17-27-16-12-13-18-28(27)36-3/h12-14,16-18H,4-11,15,19-26H2,1-3H3. The smallest absolute Gasteiger partial charge is 0.222 e. The van der Waals surface area contributed by atoms with Gasteiger partial charge in [0.25, 0.3) is 0 Å². The molecule has 2 rings (SSSR count). The Morgan fingerprint density at radius 1 is 0.917 bits per heavy atom. The van der Waals surface area contributed by atoms with Gasteiger partial charge in [0, 0.05) is 64.2 Å². The van der Waals surface area contributed by atoms with Crippen molar-refractivity contribution in [3.05, 3.63) is 35.9 Å². The fourth-order valence-electron chi connectivity index (χ4n) is 4.68. The van der Waals surface area contributed by atoms with E-state index in [2.05, 4.69) is 11.8 Å². The number of ether oxygens (including phenoxy) is 1. The molecule has 2 amide bonds. The van der Waals surface area contributed by atoms with Crippen molar-refractivity contribution in [2.45, 2.75) is 78.1 Å². The Bertz CT molecular complexity index is 787. The monoisotopic (exact) mass is 499 g/mol. The number of methoxy groups -OCH3 is 1. The van der Waals surface area contributed by atoms with Crippen molar-refractivity contribution in [2.24, 2.45) is 0 Å². The second-order valence-corrected chi connectivity index (χ2v) is 9.83. The fraction of sp³-hybridized carbons (Fsp3) is 0.667. The van der Waals surface area contributed by atoms with Crippen LogP contribution in [0.1, 0.15) is 83.6 Å². The van der Waals surface area contributed by atoms with Gasteiger partial charge in [-0.15, -0.1) is 0 Å². The van der Waals surface area contributed by atoms with E-state index in [4.69, 9.17) is 4.74 Å². The highest BCUT2D eigenvalue weighted by Gasteiger charge is 2.21. The van der Waals surface area contributed by atoms with E-state index < -0.39 is 0 Å². The summed E-state index contributed by atoms with van der Waals surface area (Å²) in [5.41, 5.74) is 1.01. The molecule has 1 aliphatic rings. The number of unbranched alkanes of at least 4 members (excludes halogenated alkanes) is 6. The molecule has 0 bridgehead atoms. The molecule has 6 nitrogen and oxygen atoms in total. The van der Waals surface area contributed by atoms with Gasteiger partial charge in [0.1, 0.15) is 5.75 Å². The number of hydrogen-bond donors (Lipinski definition) is 0. The van der Waals surface area contributed by atoms with Gasteiger partial charge in [0.05, 0.1) is 7.11 Å². The molecular weight excluding hydrogens is 450 g/mol. The predicted octanol–water partition coefficient (Wildman–Crippen LogP) is 5.62. The van der Waals surface area contributed by atoms with Gasteiger partial charge in [0.15, 0.2) is 0 Å². The first-order chi connectivity index (χ1) is 17.6. The molecule has 0 saturated carbocycles. The van der Waals surface area contributed by atoms with Crippen molar-refractivity contribution >= 4 is 17.9 Å². The number of nitrogens with zero attached hydrogens (tertiary/aromatic N) is 3. The van der Waals surface area contributed by atoms with Gasteiger partial charge in [-0.1, -0.05) is 82.7 Å². The van der Waals surface area contributed by atoms with Crippen LogP contribution in [0.2, 0.25) is 0 Å². The zero-order chi connectivity index (χ0) is 26.0. The van der Waals surface area contributed by atoms with Crippen LogP contribution < -0.4 is 4.74 Å². The summed E-state index contributed by atoms with van der Waals surface area (Å²) in [6.07, 6.45) is 14.9. The van der Waals surface area contributed by atoms with E-state index in [0.29, 0.717) is 31.8 Å². The van der Waals surface area contributed by atoms with Crippen LogP contribution in [-0.2, 0) is 9.59 Å². The number of rotatable bonds is 17. The van der Waals surface area contributed by atoms with Gasteiger partial charge >= 0.3 is 0 Å². The molecule has 0 unspecified atom stereocenters. The number of carbonyl (C=O) groups is 2. The van der Waals surface area contributed by atoms with Crippen LogP contribution in [-0.4, -0.2) is 79.4 Å². The highest BCUT2D eigenvalue weighted by atomic mass is 16.5. The Morgan fingerprint density at radius 3 is 2.31 bits per heavy atom. The van der Waals surface area contributed by atoms with E-state index >= 15 is 0 Å². The van der Waals surface area contributed by atoms with Crippen molar-refractivity contribution < 1.29 is 14.3 Å². The van der Waals surface area contributed by atoms with Crippen molar-refractivity contribution in [2.75, 3.05) is 52.9 Å². The summed E-state index contributed by atoms with van der Waals surface area (Å²) in [6, 6.07) is 7.90. The molecule has 0 N–H and O–H groups in total. The Hall–Kier alpha value is -2.34. The molecule has 202 valence electrons. The first-order valence-electron chi connectivity index (χ1n) is 14.2. The van der Waals surface area contributed by atoms with E-state index in [1.54, 1.807) is 7.11 Å². The number of piperazine rings is 1. The first kappa shape index (κ1) is 29.9. The van der Waals surface area contributed by atoms with Gasteiger partial charge in [-0.2, -0.15) is 0 Å². The molecule has 36 heavy (non-hydrogen) atoms. The third-order valence-electron chi connectivity index (χ3n) is 6.98. The molecule has 0 atom stereocenters. The fourth-order valence-corrected chi connectivity index (χ4v) is 4.68. The summed E-state index contributed by atoms with van der Waals surface area (Å²) in [4.78, 5) is 31.7. The number of benzene rings is 1. The minimum atomic E-state index is 0.200. The maximum absolute atomic E-state index is 12.7. The third-order valence-corrected chi connectivity index (χ3v) is 6.98. The summed E-state index contributed by atoms with van der Waals surface area (Å²) < 4.78 is 5.42. The lowest BCUT2D eigenvalue weighted by molar-refractivity contribution is -0.133. The van der Waals surface area contributed by atoms with Gasteiger partial charge < -0.3 is 14.5 Å². The van der Waals surface area contributed by atoms with Crippen LogP contribution in [0.5, 0.6) is 5.75 Å².